The fraction of sp³-hybridized carbons (Fsp3) is 0.471. The van der Waals surface area contributed by atoms with Crippen molar-refractivity contribution in [2.24, 2.45) is 11.8 Å². The minimum Gasteiger partial charge on any atom is -0.356 e. The molecule has 4 rings (SSSR count). The third-order valence-corrected chi connectivity index (χ3v) is 4.99. The van der Waals surface area contributed by atoms with Crippen molar-refractivity contribution in [2.75, 3.05) is 36.0 Å². The Kier molecular flexibility index (Phi) is 3.77. The Balaban J connectivity index is 1.50. The van der Waals surface area contributed by atoms with Crippen molar-refractivity contribution < 1.29 is 13.2 Å². The molecule has 0 aromatic carbocycles. The highest BCUT2D eigenvalue weighted by molar-refractivity contribution is 5.51. The molecule has 2 aliphatic heterocycles. The van der Waals surface area contributed by atoms with Gasteiger partial charge in [-0.25, -0.2) is 15.0 Å². The summed E-state index contributed by atoms with van der Waals surface area (Å²) < 4.78 is 39.7. The van der Waals surface area contributed by atoms with Crippen molar-refractivity contribution >= 4 is 11.6 Å². The first-order chi connectivity index (χ1) is 11.9. The monoisotopic (exact) mass is 349 g/mol. The summed E-state index contributed by atoms with van der Waals surface area (Å²) in [5, 5.41) is 0. The summed E-state index contributed by atoms with van der Waals surface area (Å²) in [7, 11) is 0. The number of halogens is 3. The Labute approximate surface area is 143 Å². The summed E-state index contributed by atoms with van der Waals surface area (Å²) >= 11 is 0. The van der Waals surface area contributed by atoms with Crippen LogP contribution in [0.4, 0.5) is 24.8 Å². The number of rotatable bonds is 2. The molecule has 2 aliphatic rings. The molecule has 4 heterocycles. The fourth-order valence-corrected chi connectivity index (χ4v) is 3.84. The van der Waals surface area contributed by atoms with E-state index in [1.54, 1.807) is 11.2 Å². The molecule has 2 aromatic rings. The van der Waals surface area contributed by atoms with Crippen LogP contribution in [-0.2, 0) is 6.18 Å². The summed E-state index contributed by atoms with van der Waals surface area (Å²) in [6, 6.07) is 4.38. The van der Waals surface area contributed by atoms with Crippen molar-refractivity contribution in [1.29, 1.82) is 0 Å². The van der Waals surface area contributed by atoms with Gasteiger partial charge in [0.1, 0.15) is 18.0 Å². The van der Waals surface area contributed by atoms with E-state index in [0.29, 0.717) is 24.9 Å². The van der Waals surface area contributed by atoms with Gasteiger partial charge in [-0.15, -0.1) is 0 Å². The molecule has 0 bridgehead atoms. The number of aromatic nitrogens is 3. The van der Waals surface area contributed by atoms with Crippen molar-refractivity contribution in [3.8, 4) is 0 Å². The topological polar surface area (TPSA) is 45.2 Å². The van der Waals surface area contributed by atoms with Gasteiger partial charge in [0.05, 0.1) is 5.56 Å². The molecular weight excluding hydrogens is 331 g/mol. The van der Waals surface area contributed by atoms with Gasteiger partial charge in [0, 0.05) is 56.0 Å². The summed E-state index contributed by atoms with van der Waals surface area (Å²) in [5.41, 5.74) is 0.255. The predicted octanol–water partition coefficient (Wildman–Crippen LogP) is 2.77. The maximum absolute atomic E-state index is 13.2. The van der Waals surface area contributed by atoms with Crippen LogP contribution in [0, 0.1) is 18.8 Å². The van der Waals surface area contributed by atoms with E-state index >= 15 is 0 Å². The number of pyridine rings is 1. The van der Waals surface area contributed by atoms with Gasteiger partial charge in [0.25, 0.3) is 0 Å². The van der Waals surface area contributed by atoms with E-state index in [1.165, 1.54) is 12.3 Å². The second kappa shape index (κ2) is 5.86. The zero-order chi connectivity index (χ0) is 17.6. The van der Waals surface area contributed by atoms with Crippen LogP contribution in [0.1, 0.15) is 11.3 Å². The number of aryl methyl sites for hydroxylation is 1. The Bertz CT molecular complexity index is 765. The van der Waals surface area contributed by atoms with Gasteiger partial charge in [-0.3, -0.25) is 0 Å². The highest BCUT2D eigenvalue weighted by Crippen LogP contribution is 2.40. The molecule has 0 amide bonds. The van der Waals surface area contributed by atoms with E-state index in [2.05, 4.69) is 19.9 Å². The van der Waals surface area contributed by atoms with Crippen LogP contribution in [0.3, 0.4) is 0 Å². The van der Waals surface area contributed by atoms with Gasteiger partial charge in [0.2, 0.25) is 0 Å². The highest BCUT2D eigenvalue weighted by atomic mass is 19.4. The quantitative estimate of drug-likeness (QED) is 0.834. The fourth-order valence-electron chi connectivity index (χ4n) is 3.84. The molecule has 2 atom stereocenters. The lowest BCUT2D eigenvalue weighted by Gasteiger charge is -2.25. The van der Waals surface area contributed by atoms with E-state index in [9.17, 15) is 13.2 Å². The van der Waals surface area contributed by atoms with Gasteiger partial charge in [-0.05, 0) is 19.1 Å². The number of nitrogens with zero attached hydrogens (tertiary/aromatic N) is 5. The van der Waals surface area contributed by atoms with Gasteiger partial charge in [-0.2, -0.15) is 13.2 Å². The standard InChI is InChI=1S/C17H18F3N5/c1-11-5-15(23-10-22-11)24-6-12-8-25(9-13(12)7-24)16-14(17(18,19)20)3-2-4-21-16/h2-5,10,12-13H,6-9H2,1H3. The largest absolute Gasteiger partial charge is 0.419 e. The average molecular weight is 349 g/mol. The maximum atomic E-state index is 13.2. The van der Waals surface area contributed by atoms with Gasteiger partial charge in [-0.1, -0.05) is 0 Å². The minimum atomic E-state index is -4.38. The van der Waals surface area contributed by atoms with Crippen LogP contribution < -0.4 is 9.80 Å². The van der Waals surface area contributed by atoms with Crippen LogP contribution >= 0.6 is 0 Å². The first-order valence-electron chi connectivity index (χ1n) is 8.22. The normalized spacial score (nSPS) is 23.2. The molecule has 25 heavy (non-hydrogen) atoms. The predicted molar refractivity (Wildman–Crippen MR) is 87.4 cm³/mol. The van der Waals surface area contributed by atoms with Gasteiger partial charge < -0.3 is 9.80 Å². The number of hydrogen-bond donors (Lipinski definition) is 0. The first kappa shape index (κ1) is 16.1. The molecule has 2 fully saturated rings. The van der Waals surface area contributed by atoms with Crippen molar-refractivity contribution in [3.05, 3.63) is 42.0 Å². The van der Waals surface area contributed by atoms with Gasteiger partial charge in [0.15, 0.2) is 0 Å². The van der Waals surface area contributed by atoms with Crippen LogP contribution in [0.5, 0.6) is 0 Å². The summed E-state index contributed by atoms with van der Waals surface area (Å²) in [5.74, 6) is 1.58. The van der Waals surface area contributed by atoms with E-state index < -0.39 is 11.7 Å². The lowest BCUT2D eigenvalue weighted by atomic mass is 10.0. The Morgan fingerprint density at radius 1 is 1.00 bits per heavy atom. The van der Waals surface area contributed by atoms with Crippen molar-refractivity contribution in [1.82, 2.24) is 15.0 Å². The molecular formula is C17H18F3N5. The smallest absolute Gasteiger partial charge is 0.356 e. The number of fused-ring (bicyclic) bond motifs is 1. The van der Waals surface area contributed by atoms with Crippen LogP contribution in [0.25, 0.3) is 0 Å². The van der Waals surface area contributed by atoms with E-state index in [-0.39, 0.29) is 5.82 Å². The lowest BCUT2D eigenvalue weighted by molar-refractivity contribution is -0.137. The maximum Gasteiger partial charge on any atom is 0.419 e. The summed E-state index contributed by atoms with van der Waals surface area (Å²) in [6.45, 7) is 4.69. The second-order valence-corrected chi connectivity index (χ2v) is 6.72. The SMILES string of the molecule is Cc1cc(N2CC3CN(c4ncccc4C(F)(F)F)CC3C2)ncn1. The zero-order valence-corrected chi connectivity index (χ0v) is 13.7. The van der Waals surface area contributed by atoms with E-state index in [4.69, 9.17) is 0 Å². The molecule has 0 N–H and O–H groups in total. The Morgan fingerprint density at radius 3 is 2.32 bits per heavy atom. The number of hydrogen-bond acceptors (Lipinski definition) is 5. The Morgan fingerprint density at radius 2 is 1.68 bits per heavy atom. The van der Waals surface area contributed by atoms with Crippen LogP contribution in [0.2, 0.25) is 0 Å². The molecule has 132 valence electrons. The molecule has 0 saturated carbocycles. The lowest BCUT2D eigenvalue weighted by Crippen LogP contribution is -2.31. The number of anilines is 2. The van der Waals surface area contributed by atoms with Crippen molar-refractivity contribution in [2.45, 2.75) is 13.1 Å². The summed E-state index contributed by atoms with van der Waals surface area (Å²) in [4.78, 5) is 16.4. The third kappa shape index (κ3) is 3.01. The minimum absolute atomic E-state index is 0.0498. The van der Waals surface area contributed by atoms with Crippen LogP contribution in [0.15, 0.2) is 30.7 Å². The third-order valence-electron chi connectivity index (χ3n) is 4.99. The molecule has 2 aromatic heterocycles. The van der Waals surface area contributed by atoms with E-state index in [1.807, 2.05) is 13.0 Å². The highest BCUT2D eigenvalue weighted by Gasteiger charge is 2.43. The average Bonchev–Trinajstić information content (AvgIpc) is 3.13. The van der Waals surface area contributed by atoms with E-state index in [0.717, 1.165) is 30.7 Å². The molecule has 5 nitrogen and oxygen atoms in total. The molecule has 2 saturated heterocycles. The van der Waals surface area contributed by atoms with Crippen LogP contribution in [-0.4, -0.2) is 41.1 Å². The number of alkyl halides is 3. The molecule has 2 unspecified atom stereocenters. The first-order valence-corrected chi connectivity index (χ1v) is 8.22. The molecule has 8 heteroatoms. The zero-order valence-electron chi connectivity index (χ0n) is 13.7. The molecule has 0 spiro atoms. The second-order valence-electron chi connectivity index (χ2n) is 6.72. The molecule has 0 aliphatic carbocycles. The Hall–Kier alpha value is -2.38. The van der Waals surface area contributed by atoms with Crippen molar-refractivity contribution in [3.63, 3.8) is 0 Å². The van der Waals surface area contributed by atoms with Gasteiger partial charge >= 0.3 is 6.18 Å². The molecule has 0 radical (unpaired) electrons. The summed E-state index contributed by atoms with van der Waals surface area (Å²) in [6.07, 6.45) is -1.41.